The van der Waals surface area contributed by atoms with Crippen LogP contribution in [0, 0.1) is 0 Å². The third-order valence-corrected chi connectivity index (χ3v) is 2.69. The molecule has 1 aromatic carbocycles. The second kappa shape index (κ2) is 5.90. The molecular weight excluding hydrogens is 285 g/mol. The summed E-state index contributed by atoms with van der Waals surface area (Å²) < 4.78 is 46.4. The Balaban J connectivity index is 2.29. The van der Waals surface area contributed by atoms with Gasteiger partial charge in [-0.15, -0.1) is 0 Å². The molecule has 2 rings (SSSR count). The third kappa shape index (κ3) is 4.01. The Bertz CT molecular complexity index is 630. The predicted molar refractivity (Wildman–Crippen MR) is 72.2 cm³/mol. The average molecular weight is 298 g/mol. The molecule has 0 aliphatic carbocycles. The topological polar surface area (TPSA) is 57.4 Å². The first-order valence-corrected chi connectivity index (χ1v) is 5.97. The van der Waals surface area contributed by atoms with Gasteiger partial charge in [0.05, 0.1) is 19.0 Å². The van der Waals surface area contributed by atoms with Gasteiger partial charge in [0.15, 0.2) is 6.61 Å². The van der Waals surface area contributed by atoms with E-state index < -0.39 is 12.8 Å². The molecule has 0 fully saturated rings. The molecule has 21 heavy (non-hydrogen) atoms. The first kappa shape index (κ1) is 15.0. The molecule has 4 nitrogen and oxygen atoms in total. The Morgan fingerprint density at radius 1 is 1.14 bits per heavy atom. The fourth-order valence-corrected chi connectivity index (χ4v) is 1.69. The molecule has 0 aliphatic heterocycles. The summed E-state index contributed by atoms with van der Waals surface area (Å²) >= 11 is 0. The largest absolute Gasteiger partial charge is 0.495 e. The molecule has 2 N–H and O–H groups in total. The zero-order valence-corrected chi connectivity index (χ0v) is 11.1. The van der Waals surface area contributed by atoms with Crippen LogP contribution in [0.25, 0.3) is 11.1 Å². The molecule has 0 amide bonds. The third-order valence-electron chi connectivity index (χ3n) is 2.69. The molecule has 0 spiro atoms. The maximum atomic E-state index is 12.2. The van der Waals surface area contributed by atoms with E-state index in [4.69, 9.17) is 15.2 Å². The van der Waals surface area contributed by atoms with E-state index in [1.165, 1.54) is 25.4 Å². The van der Waals surface area contributed by atoms with Crippen LogP contribution >= 0.6 is 0 Å². The van der Waals surface area contributed by atoms with Gasteiger partial charge in [-0.3, -0.25) is 4.98 Å². The minimum atomic E-state index is -4.42. The summed E-state index contributed by atoms with van der Waals surface area (Å²) in [7, 11) is 1.50. The maximum Gasteiger partial charge on any atom is 0.422 e. The van der Waals surface area contributed by atoms with E-state index in [9.17, 15) is 13.2 Å². The summed E-state index contributed by atoms with van der Waals surface area (Å²) in [6.45, 7) is -1.39. The van der Waals surface area contributed by atoms with Gasteiger partial charge in [0.2, 0.25) is 0 Å². The van der Waals surface area contributed by atoms with Crippen LogP contribution in [0.2, 0.25) is 0 Å². The van der Waals surface area contributed by atoms with E-state index in [1.807, 2.05) is 0 Å². The minimum Gasteiger partial charge on any atom is -0.495 e. The summed E-state index contributed by atoms with van der Waals surface area (Å²) in [4.78, 5) is 3.99. The van der Waals surface area contributed by atoms with Crippen molar-refractivity contribution in [2.45, 2.75) is 6.18 Å². The summed E-state index contributed by atoms with van der Waals surface area (Å²) in [5, 5.41) is 0. The van der Waals surface area contributed by atoms with Gasteiger partial charge in [-0.25, -0.2) is 0 Å². The van der Waals surface area contributed by atoms with E-state index in [1.54, 1.807) is 18.3 Å². The van der Waals surface area contributed by atoms with E-state index >= 15 is 0 Å². The SMILES string of the molecule is COc1cncc(-c2ccc(N)c(OCC(F)(F)F)c2)c1. The monoisotopic (exact) mass is 298 g/mol. The predicted octanol–water partition coefficient (Wildman–Crippen LogP) is 3.28. The highest BCUT2D eigenvalue weighted by Crippen LogP contribution is 2.31. The van der Waals surface area contributed by atoms with Crippen LogP contribution in [0.1, 0.15) is 0 Å². The van der Waals surface area contributed by atoms with Crippen molar-refractivity contribution >= 4 is 5.69 Å². The van der Waals surface area contributed by atoms with Crippen LogP contribution in [0.5, 0.6) is 11.5 Å². The van der Waals surface area contributed by atoms with Crippen molar-refractivity contribution in [2.24, 2.45) is 0 Å². The van der Waals surface area contributed by atoms with Crippen molar-refractivity contribution in [3.8, 4) is 22.6 Å². The first-order valence-electron chi connectivity index (χ1n) is 5.97. The standard InChI is InChI=1S/C14H13F3N2O2/c1-20-11-4-10(6-19-7-11)9-2-3-12(18)13(5-9)21-8-14(15,16)17/h2-7H,8,18H2,1H3. The van der Waals surface area contributed by atoms with Crippen molar-refractivity contribution in [2.75, 3.05) is 19.5 Å². The molecule has 0 bridgehead atoms. The van der Waals surface area contributed by atoms with E-state index in [2.05, 4.69) is 4.98 Å². The van der Waals surface area contributed by atoms with Crippen LogP contribution in [-0.4, -0.2) is 24.9 Å². The Kier molecular flexibility index (Phi) is 4.21. The highest BCUT2D eigenvalue weighted by atomic mass is 19.4. The number of nitrogen functional groups attached to an aromatic ring is 1. The van der Waals surface area contributed by atoms with Crippen LogP contribution in [0.4, 0.5) is 18.9 Å². The van der Waals surface area contributed by atoms with Gasteiger partial charge in [0, 0.05) is 11.8 Å². The number of hydrogen-bond acceptors (Lipinski definition) is 4. The van der Waals surface area contributed by atoms with Crippen LogP contribution < -0.4 is 15.2 Å². The fourth-order valence-electron chi connectivity index (χ4n) is 1.69. The highest BCUT2D eigenvalue weighted by molar-refractivity contribution is 5.70. The van der Waals surface area contributed by atoms with E-state index in [0.717, 1.165) is 0 Å². The van der Waals surface area contributed by atoms with Crippen LogP contribution in [0.3, 0.4) is 0 Å². The highest BCUT2D eigenvalue weighted by Gasteiger charge is 2.28. The summed E-state index contributed by atoms with van der Waals surface area (Å²) in [6, 6.07) is 6.32. The van der Waals surface area contributed by atoms with Gasteiger partial charge in [0.1, 0.15) is 11.5 Å². The number of ether oxygens (including phenoxy) is 2. The lowest BCUT2D eigenvalue weighted by atomic mass is 10.1. The number of pyridine rings is 1. The van der Waals surface area contributed by atoms with Gasteiger partial charge in [-0.2, -0.15) is 13.2 Å². The lowest BCUT2D eigenvalue weighted by Crippen LogP contribution is -2.19. The number of alkyl halides is 3. The zero-order chi connectivity index (χ0) is 15.5. The van der Waals surface area contributed by atoms with Gasteiger partial charge in [-0.05, 0) is 23.8 Å². The van der Waals surface area contributed by atoms with E-state index in [0.29, 0.717) is 16.9 Å². The second-order valence-corrected chi connectivity index (χ2v) is 4.27. The molecule has 0 unspecified atom stereocenters. The Labute approximate surface area is 119 Å². The number of aromatic nitrogens is 1. The zero-order valence-electron chi connectivity index (χ0n) is 11.1. The molecule has 0 saturated heterocycles. The number of benzene rings is 1. The molecule has 7 heteroatoms. The van der Waals surface area contributed by atoms with Gasteiger partial charge >= 0.3 is 6.18 Å². The molecule has 112 valence electrons. The number of rotatable bonds is 4. The van der Waals surface area contributed by atoms with E-state index in [-0.39, 0.29) is 11.4 Å². The van der Waals surface area contributed by atoms with Crippen molar-refractivity contribution in [1.82, 2.24) is 4.98 Å². The lowest BCUT2D eigenvalue weighted by Gasteiger charge is -2.12. The molecule has 1 heterocycles. The Hall–Kier alpha value is -2.44. The smallest absolute Gasteiger partial charge is 0.422 e. The molecule has 1 aromatic heterocycles. The lowest BCUT2D eigenvalue weighted by molar-refractivity contribution is -0.153. The minimum absolute atomic E-state index is 0.0207. The number of nitrogens with zero attached hydrogens (tertiary/aromatic N) is 1. The fraction of sp³-hybridized carbons (Fsp3) is 0.214. The van der Waals surface area contributed by atoms with Crippen LogP contribution in [0.15, 0.2) is 36.7 Å². The van der Waals surface area contributed by atoms with Gasteiger partial charge < -0.3 is 15.2 Å². The van der Waals surface area contributed by atoms with Gasteiger partial charge in [0.25, 0.3) is 0 Å². The van der Waals surface area contributed by atoms with Crippen molar-refractivity contribution in [3.63, 3.8) is 0 Å². The Morgan fingerprint density at radius 3 is 2.57 bits per heavy atom. The molecule has 2 aromatic rings. The van der Waals surface area contributed by atoms with Gasteiger partial charge in [-0.1, -0.05) is 6.07 Å². The van der Waals surface area contributed by atoms with Crippen molar-refractivity contribution in [1.29, 1.82) is 0 Å². The average Bonchev–Trinajstić information content (AvgIpc) is 2.45. The molecule has 0 atom stereocenters. The summed E-state index contributed by atoms with van der Waals surface area (Å²) in [6.07, 6.45) is -1.32. The summed E-state index contributed by atoms with van der Waals surface area (Å²) in [5.41, 5.74) is 7.08. The summed E-state index contributed by atoms with van der Waals surface area (Å²) in [5.74, 6) is 0.523. The number of hydrogen-bond donors (Lipinski definition) is 1. The molecule has 0 aliphatic rings. The quantitative estimate of drug-likeness (QED) is 0.880. The second-order valence-electron chi connectivity index (χ2n) is 4.27. The first-order chi connectivity index (χ1) is 9.89. The Morgan fingerprint density at radius 2 is 1.90 bits per heavy atom. The number of nitrogens with two attached hydrogens (primary N) is 1. The van der Waals surface area contributed by atoms with Crippen LogP contribution in [-0.2, 0) is 0 Å². The van der Waals surface area contributed by atoms with Crippen molar-refractivity contribution < 1.29 is 22.6 Å². The normalized spacial score (nSPS) is 11.2. The number of methoxy groups -OCH3 is 1. The molecule has 0 saturated carbocycles. The number of anilines is 1. The maximum absolute atomic E-state index is 12.2. The number of halogens is 3. The van der Waals surface area contributed by atoms with Crippen molar-refractivity contribution in [3.05, 3.63) is 36.7 Å². The molecule has 0 radical (unpaired) electrons. The molecular formula is C14H13F3N2O2.